The second-order valence-corrected chi connectivity index (χ2v) is 9.84. The van der Waals surface area contributed by atoms with Gasteiger partial charge in [0.15, 0.2) is 0 Å². The van der Waals surface area contributed by atoms with Crippen molar-refractivity contribution in [3.8, 4) is 5.75 Å². The molecule has 1 aliphatic carbocycles. The average molecular weight is 440 g/mol. The number of anilines is 1. The molecule has 1 aromatic carbocycles. The predicted octanol–water partition coefficient (Wildman–Crippen LogP) is 3.71. The van der Waals surface area contributed by atoms with Crippen molar-refractivity contribution in [2.75, 3.05) is 31.6 Å². The minimum absolute atomic E-state index is 0.0855. The van der Waals surface area contributed by atoms with Crippen molar-refractivity contribution in [3.63, 3.8) is 0 Å². The molecule has 7 nitrogen and oxygen atoms in total. The SMILES string of the molecule is CCOc1ccc(NC(=O)CN(C(C)C)C2CCCC2)cc1S(=O)(=O)N(CC)CC. The van der Waals surface area contributed by atoms with Crippen molar-refractivity contribution in [1.82, 2.24) is 9.21 Å². The van der Waals surface area contributed by atoms with E-state index in [2.05, 4.69) is 24.1 Å². The zero-order chi connectivity index (χ0) is 22.3. The highest BCUT2D eigenvalue weighted by Gasteiger charge is 2.28. The third-order valence-electron chi connectivity index (χ3n) is 5.63. The lowest BCUT2D eigenvalue weighted by Gasteiger charge is -2.31. The first-order chi connectivity index (χ1) is 14.2. The molecule has 0 radical (unpaired) electrons. The van der Waals surface area contributed by atoms with Crippen LogP contribution in [0, 0.1) is 0 Å². The quantitative estimate of drug-likeness (QED) is 0.569. The second kappa shape index (κ2) is 11.1. The molecule has 170 valence electrons. The fraction of sp³-hybridized carbons (Fsp3) is 0.682. The van der Waals surface area contributed by atoms with Crippen LogP contribution in [-0.2, 0) is 14.8 Å². The highest BCUT2D eigenvalue weighted by atomic mass is 32.2. The molecule has 1 amide bonds. The molecule has 2 rings (SSSR count). The Labute approximate surface area is 181 Å². The van der Waals surface area contributed by atoms with Crippen LogP contribution in [0.5, 0.6) is 5.75 Å². The van der Waals surface area contributed by atoms with E-state index in [1.54, 1.807) is 26.0 Å². The number of amides is 1. The standard InChI is InChI=1S/C22H37N3O4S/c1-6-24(7-2)30(27,28)21-15-18(13-14-20(21)29-8-3)23-22(26)16-25(17(4)5)19-11-9-10-12-19/h13-15,17,19H,6-12,16H2,1-5H3,(H,23,26). The number of hydrogen-bond donors (Lipinski definition) is 1. The minimum atomic E-state index is -3.72. The Hall–Kier alpha value is -1.64. The van der Waals surface area contributed by atoms with Crippen molar-refractivity contribution in [3.05, 3.63) is 18.2 Å². The van der Waals surface area contributed by atoms with Crippen LogP contribution in [0.1, 0.15) is 60.3 Å². The van der Waals surface area contributed by atoms with E-state index in [9.17, 15) is 13.2 Å². The Morgan fingerprint density at radius 2 is 1.80 bits per heavy atom. The second-order valence-electron chi connectivity index (χ2n) is 7.94. The molecule has 8 heteroatoms. The molecule has 0 aliphatic heterocycles. The van der Waals surface area contributed by atoms with Crippen molar-refractivity contribution in [1.29, 1.82) is 0 Å². The van der Waals surface area contributed by atoms with Crippen molar-refractivity contribution < 1.29 is 17.9 Å². The highest BCUT2D eigenvalue weighted by Crippen LogP contribution is 2.30. The van der Waals surface area contributed by atoms with Crippen LogP contribution in [0.15, 0.2) is 23.1 Å². The molecule has 1 saturated carbocycles. The van der Waals surface area contributed by atoms with E-state index in [0.717, 1.165) is 12.8 Å². The lowest BCUT2D eigenvalue weighted by Crippen LogP contribution is -2.43. The van der Waals surface area contributed by atoms with Gasteiger partial charge in [0.05, 0.1) is 13.2 Å². The Bertz CT molecular complexity index is 801. The monoisotopic (exact) mass is 439 g/mol. The summed E-state index contributed by atoms with van der Waals surface area (Å²) in [5.74, 6) is 0.170. The molecular weight excluding hydrogens is 402 g/mol. The van der Waals surface area contributed by atoms with Crippen molar-refractivity contribution in [2.45, 2.75) is 77.3 Å². The molecule has 1 N–H and O–H groups in total. The van der Waals surface area contributed by atoms with Gasteiger partial charge in [-0.2, -0.15) is 4.31 Å². The highest BCUT2D eigenvalue weighted by molar-refractivity contribution is 7.89. The summed E-state index contributed by atoms with van der Waals surface area (Å²) >= 11 is 0. The Morgan fingerprint density at radius 3 is 2.33 bits per heavy atom. The van der Waals surface area contributed by atoms with Crippen molar-refractivity contribution >= 4 is 21.6 Å². The number of carbonyl (C=O) groups excluding carboxylic acids is 1. The van der Waals surface area contributed by atoms with Crippen LogP contribution in [-0.4, -0.2) is 61.9 Å². The first-order valence-electron chi connectivity index (χ1n) is 11.1. The molecular formula is C22H37N3O4S. The zero-order valence-corrected chi connectivity index (χ0v) is 19.8. The Balaban J connectivity index is 2.24. The lowest BCUT2D eigenvalue weighted by atomic mass is 10.1. The predicted molar refractivity (Wildman–Crippen MR) is 120 cm³/mol. The molecule has 0 saturated heterocycles. The molecule has 0 spiro atoms. The lowest BCUT2D eigenvalue weighted by molar-refractivity contribution is -0.118. The van der Waals surface area contributed by atoms with E-state index in [1.807, 2.05) is 6.92 Å². The number of rotatable bonds is 11. The van der Waals surface area contributed by atoms with Gasteiger partial charge in [-0.3, -0.25) is 9.69 Å². The summed E-state index contributed by atoms with van der Waals surface area (Å²) in [5, 5.41) is 2.89. The molecule has 0 unspecified atom stereocenters. The number of benzene rings is 1. The molecule has 0 bridgehead atoms. The normalized spacial score (nSPS) is 15.3. The van der Waals surface area contributed by atoms with E-state index < -0.39 is 10.0 Å². The van der Waals surface area contributed by atoms with Gasteiger partial charge in [-0.25, -0.2) is 8.42 Å². The molecule has 30 heavy (non-hydrogen) atoms. The van der Waals surface area contributed by atoms with Crippen LogP contribution in [0.4, 0.5) is 5.69 Å². The average Bonchev–Trinajstić information content (AvgIpc) is 3.22. The minimum Gasteiger partial charge on any atom is -0.492 e. The van der Waals surface area contributed by atoms with Gasteiger partial charge in [0.1, 0.15) is 10.6 Å². The van der Waals surface area contributed by atoms with E-state index in [4.69, 9.17) is 4.74 Å². The molecule has 0 heterocycles. The molecule has 1 aromatic rings. The van der Waals surface area contributed by atoms with Gasteiger partial charge in [-0.05, 0) is 51.8 Å². The van der Waals surface area contributed by atoms with Gasteiger partial charge >= 0.3 is 0 Å². The summed E-state index contributed by atoms with van der Waals surface area (Å²) < 4.78 is 33.1. The number of hydrogen-bond acceptors (Lipinski definition) is 5. The van der Waals surface area contributed by atoms with Gasteiger partial charge in [0.2, 0.25) is 15.9 Å². The maximum Gasteiger partial charge on any atom is 0.246 e. The maximum atomic E-state index is 13.1. The van der Waals surface area contributed by atoms with Gasteiger partial charge in [-0.15, -0.1) is 0 Å². The number of carbonyl (C=O) groups is 1. The van der Waals surface area contributed by atoms with Gasteiger partial charge in [0.25, 0.3) is 0 Å². The van der Waals surface area contributed by atoms with E-state index >= 15 is 0 Å². The van der Waals surface area contributed by atoms with E-state index in [1.165, 1.54) is 23.2 Å². The first-order valence-corrected chi connectivity index (χ1v) is 12.5. The van der Waals surface area contributed by atoms with Crippen LogP contribution in [0.3, 0.4) is 0 Å². The van der Waals surface area contributed by atoms with Crippen LogP contribution in [0.2, 0.25) is 0 Å². The van der Waals surface area contributed by atoms with Gasteiger partial charge in [-0.1, -0.05) is 26.7 Å². The fourth-order valence-corrected chi connectivity index (χ4v) is 5.72. The third-order valence-corrected chi connectivity index (χ3v) is 7.70. The Kier molecular flexibility index (Phi) is 9.12. The van der Waals surface area contributed by atoms with E-state index in [0.29, 0.717) is 43.7 Å². The van der Waals surface area contributed by atoms with Gasteiger partial charge in [0, 0.05) is 30.9 Å². The molecule has 1 aliphatic rings. The first kappa shape index (κ1) is 24.6. The molecule has 0 atom stereocenters. The summed E-state index contributed by atoms with van der Waals surface area (Å²) in [6, 6.07) is 5.53. The number of ether oxygens (including phenoxy) is 1. The van der Waals surface area contributed by atoms with Crippen LogP contribution >= 0.6 is 0 Å². The molecule has 0 aromatic heterocycles. The van der Waals surface area contributed by atoms with Crippen LogP contribution in [0.25, 0.3) is 0 Å². The third kappa shape index (κ3) is 5.95. The summed E-state index contributed by atoms with van der Waals surface area (Å²) in [6.45, 7) is 11.0. The smallest absolute Gasteiger partial charge is 0.246 e. The largest absolute Gasteiger partial charge is 0.492 e. The summed E-state index contributed by atoms with van der Waals surface area (Å²) in [7, 11) is -3.72. The summed E-state index contributed by atoms with van der Waals surface area (Å²) in [4.78, 5) is 15.1. The number of nitrogens with zero attached hydrogens (tertiary/aromatic N) is 2. The van der Waals surface area contributed by atoms with E-state index in [-0.39, 0.29) is 16.8 Å². The summed E-state index contributed by atoms with van der Waals surface area (Å²) in [6.07, 6.45) is 4.67. The molecule has 1 fully saturated rings. The number of nitrogens with one attached hydrogen (secondary N) is 1. The maximum absolute atomic E-state index is 13.1. The van der Waals surface area contributed by atoms with Crippen LogP contribution < -0.4 is 10.1 Å². The van der Waals surface area contributed by atoms with Crippen molar-refractivity contribution in [2.24, 2.45) is 0 Å². The Morgan fingerprint density at radius 1 is 1.17 bits per heavy atom. The topological polar surface area (TPSA) is 79.0 Å². The zero-order valence-electron chi connectivity index (χ0n) is 19.0. The fourth-order valence-electron chi connectivity index (χ4n) is 4.10. The van der Waals surface area contributed by atoms with Gasteiger partial charge < -0.3 is 10.1 Å². The number of sulfonamides is 1. The summed E-state index contributed by atoms with van der Waals surface area (Å²) in [5.41, 5.74) is 0.462.